The molecule has 4 unspecified atom stereocenters. The van der Waals surface area contributed by atoms with Crippen molar-refractivity contribution in [3.63, 3.8) is 0 Å². The van der Waals surface area contributed by atoms with Crippen LogP contribution in [0.25, 0.3) is 0 Å². The van der Waals surface area contributed by atoms with Crippen molar-refractivity contribution in [1.82, 2.24) is 0 Å². The van der Waals surface area contributed by atoms with Crippen LogP contribution in [0.2, 0.25) is 0 Å². The van der Waals surface area contributed by atoms with E-state index < -0.39 is 6.10 Å². The molecule has 0 spiro atoms. The quantitative estimate of drug-likeness (QED) is 0.223. The molecule has 39 heavy (non-hydrogen) atoms. The Hall–Kier alpha value is -2.74. The zero-order chi connectivity index (χ0) is 28.9. The molecule has 216 valence electrons. The van der Waals surface area contributed by atoms with Crippen LogP contribution in [-0.4, -0.2) is 62.8 Å². The highest BCUT2D eigenvalue weighted by molar-refractivity contribution is 5.91. The van der Waals surface area contributed by atoms with Gasteiger partial charge in [-0.2, -0.15) is 0 Å². The second-order valence-corrected chi connectivity index (χ2v) is 10.7. The number of carbonyl (C=O) groups is 2. The average Bonchev–Trinajstić information content (AvgIpc) is 2.92. The molecule has 0 aliphatic carbocycles. The first-order valence-electron chi connectivity index (χ1n) is 13.9. The van der Waals surface area contributed by atoms with E-state index in [0.717, 1.165) is 11.1 Å². The van der Waals surface area contributed by atoms with Crippen LogP contribution in [0.4, 0.5) is 0 Å². The Kier molecular flexibility index (Phi) is 13.6. The van der Waals surface area contributed by atoms with E-state index in [0.29, 0.717) is 24.3 Å². The second kappa shape index (κ2) is 16.4. The number of benzene rings is 2. The van der Waals surface area contributed by atoms with Crippen molar-refractivity contribution < 1.29 is 33.3 Å². The minimum absolute atomic E-state index is 0.162. The molecule has 0 aromatic heterocycles. The van der Waals surface area contributed by atoms with Crippen LogP contribution in [0, 0.1) is 0 Å². The monoisotopic (exact) mass is 542 g/mol. The van der Waals surface area contributed by atoms with Gasteiger partial charge in [0.05, 0.1) is 49.3 Å². The normalized spacial score (nSPS) is 14.6. The molecule has 2 rings (SSSR count). The van der Waals surface area contributed by atoms with Gasteiger partial charge in [0, 0.05) is 0 Å². The average molecular weight is 543 g/mol. The molecule has 7 heteroatoms. The fourth-order valence-electron chi connectivity index (χ4n) is 3.97. The number of ether oxygens (including phenoxy) is 5. The first kappa shape index (κ1) is 32.5. The maximum Gasteiger partial charge on any atom is 0.338 e. The summed E-state index contributed by atoms with van der Waals surface area (Å²) in [5.74, 6) is -0.214. The van der Waals surface area contributed by atoms with E-state index in [1.54, 1.807) is 12.1 Å². The lowest BCUT2D eigenvalue weighted by atomic mass is 9.97. The maximum absolute atomic E-state index is 12.6. The van der Waals surface area contributed by atoms with Gasteiger partial charge in [0.15, 0.2) is 0 Å². The molecule has 2 aromatic rings. The van der Waals surface area contributed by atoms with Gasteiger partial charge in [-0.25, -0.2) is 9.59 Å². The van der Waals surface area contributed by atoms with Crippen molar-refractivity contribution in [2.45, 2.75) is 91.6 Å². The van der Waals surface area contributed by atoms with Crippen LogP contribution in [0.15, 0.2) is 48.5 Å². The molecule has 2 aromatic carbocycles. The summed E-state index contributed by atoms with van der Waals surface area (Å²) in [6.07, 6.45) is -1.01. The van der Waals surface area contributed by atoms with Crippen molar-refractivity contribution >= 4 is 11.9 Å². The Labute approximate surface area is 234 Å². The number of hydrogen-bond acceptors (Lipinski definition) is 7. The molecular formula is C32H46O7. The van der Waals surface area contributed by atoms with E-state index in [-0.39, 0.29) is 55.3 Å². The molecule has 0 saturated carbocycles. The second-order valence-electron chi connectivity index (χ2n) is 10.7. The minimum atomic E-state index is -0.392. The zero-order valence-corrected chi connectivity index (χ0v) is 24.8. The van der Waals surface area contributed by atoms with Crippen molar-refractivity contribution in [2.75, 3.05) is 26.4 Å². The van der Waals surface area contributed by atoms with E-state index in [4.69, 9.17) is 23.7 Å². The standard InChI is InChI=1S/C32H46O7/c1-21(2)27-13-9-11-15-29(27)31(33)38-19-25(7)36-17-23(5)35-18-24(6)37-20-26(8)39-32(34)30-16-12-10-14-28(30)22(3)4/h9-16,21-26H,17-20H2,1-8H3. The third-order valence-corrected chi connectivity index (χ3v) is 6.21. The molecule has 0 radical (unpaired) electrons. The Morgan fingerprint density at radius 2 is 0.923 bits per heavy atom. The zero-order valence-electron chi connectivity index (χ0n) is 24.8. The number of rotatable bonds is 16. The first-order chi connectivity index (χ1) is 18.5. The summed E-state index contributed by atoms with van der Waals surface area (Å²) in [4.78, 5) is 25.1. The molecule has 0 bridgehead atoms. The van der Waals surface area contributed by atoms with Crippen molar-refractivity contribution in [3.8, 4) is 0 Å². The summed E-state index contributed by atoms with van der Waals surface area (Å²) in [5.41, 5.74) is 3.12. The van der Waals surface area contributed by atoms with Crippen LogP contribution in [0.5, 0.6) is 0 Å². The highest BCUT2D eigenvalue weighted by atomic mass is 16.6. The van der Waals surface area contributed by atoms with E-state index in [1.807, 2.05) is 64.1 Å². The molecule has 0 heterocycles. The van der Waals surface area contributed by atoms with Gasteiger partial charge in [0.25, 0.3) is 0 Å². The maximum atomic E-state index is 12.6. The summed E-state index contributed by atoms with van der Waals surface area (Å²) in [6, 6.07) is 15.0. The summed E-state index contributed by atoms with van der Waals surface area (Å²) in [6.45, 7) is 16.9. The lowest BCUT2D eigenvalue weighted by molar-refractivity contribution is -0.0851. The predicted octanol–water partition coefficient (Wildman–Crippen LogP) is 6.55. The molecule has 0 amide bonds. The molecule has 4 atom stereocenters. The van der Waals surface area contributed by atoms with Gasteiger partial charge in [-0.1, -0.05) is 64.1 Å². The van der Waals surface area contributed by atoms with Crippen molar-refractivity contribution in [1.29, 1.82) is 0 Å². The predicted molar refractivity (Wildman–Crippen MR) is 152 cm³/mol. The Morgan fingerprint density at radius 3 is 1.38 bits per heavy atom. The van der Waals surface area contributed by atoms with Gasteiger partial charge in [-0.3, -0.25) is 0 Å². The largest absolute Gasteiger partial charge is 0.459 e. The van der Waals surface area contributed by atoms with Crippen molar-refractivity contribution in [2.24, 2.45) is 0 Å². The van der Waals surface area contributed by atoms with Crippen LogP contribution in [0.3, 0.4) is 0 Å². The smallest absolute Gasteiger partial charge is 0.338 e. The Bertz CT molecular complexity index is 1030. The van der Waals surface area contributed by atoms with Crippen LogP contribution >= 0.6 is 0 Å². The molecule has 0 fully saturated rings. The molecular weight excluding hydrogens is 496 g/mol. The van der Waals surface area contributed by atoms with E-state index in [9.17, 15) is 9.59 Å². The van der Waals surface area contributed by atoms with Gasteiger partial charge >= 0.3 is 11.9 Å². The lowest BCUT2D eigenvalue weighted by Gasteiger charge is -2.21. The van der Waals surface area contributed by atoms with Crippen LogP contribution in [-0.2, 0) is 23.7 Å². The molecule has 7 nitrogen and oxygen atoms in total. The van der Waals surface area contributed by atoms with Crippen molar-refractivity contribution in [3.05, 3.63) is 70.8 Å². The fraction of sp³-hybridized carbons (Fsp3) is 0.562. The van der Waals surface area contributed by atoms with Gasteiger partial charge in [0.1, 0.15) is 12.7 Å². The lowest BCUT2D eigenvalue weighted by Crippen LogP contribution is -2.29. The summed E-state index contributed by atoms with van der Waals surface area (Å²) < 4.78 is 28.6. The van der Waals surface area contributed by atoms with E-state index >= 15 is 0 Å². The fourth-order valence-corrected chi connectivity index (χ4v) is 3.97. The highest BCUT2D eigenvalue weighted by Gasteiger charge is 2.19. The van der Waals surface area contributed by atoms with E-state index in [1.165, 1.54) is 0 Å². The Morgan fingerprint density at radius 1 is 0.538 bits per heavy atom. The third-order valence-electron chi connectivity index (χ3n) is 6.21. The first-order valence-corrected chi connectivity index (χ1v) is 13.9. The molecule has 0 aliphatic heterocycles. The third kappa shape index (κ3) is 11.1. The van der Waals surface area contributed by atoms with Gasteiger partial charge < -0.3 is 23.7 Å². The topological polar surface area (TPSA) is 80.3 Å². The minimum Gasteiger partial charge on any atom is -0.459 e. The summed E-state index contributed by atoms with van der Waals surface area (Å²) >= 11 is 0. The number of carbonyl (C=O) groups excluding carboxylic acids is 2. The van der Waals surface area contributed by atoms with Crippen LogP contribution in [0.1, 0.15) is 99.1 Å². The SMILES string of the molecule is CC(COC(=O)c1ccccc1C(C)C)OCC(C)OCC(C)OCC(C)OC(=O)c1ccccc1C(C)C. The summed E-state index contributed by atoms with van der Waals surface area (Å²) in [5, 5.41) is 0. The Balaban J connectivity index is 1.65. The molecule has 0 saturated heterocycles. The number of hydrogen-bond donors (Lipinski definition) is 0. The number of esters is 2. The van der Waals surface area contributed by atoms with Gasteiger partial charge in [-0.05, 0) is 62.8 Å². The highest BCUT2D eigenvalue weighted by Crippen LogP contribution is 2.21. The van der Waals surface area contributed by atoms with Gasteiger partial charge in [-0.15, -0.1) is 0 Å². The van der Waals surface area contributed by atoms with Crippen LogP contribution < -0.4 is 0 Å². The van der Waals surface area contributed by atoms with E-state index in [2.05, 4.69) is 27.7 Å². The molecule has 0 aliphatic rings. The van der Waals surface area contributed by atoms with Gasteiger partial charge in [0.2, 0.25) is 0 Å². The summed E-state index contributed by atoms with van der Waals surface area (Å²) in [7, 11) is 0. The molecule has 0 N–H and O–H groups in total.